The van der Waals surface area contributed by atoms with Crippen LogP contribution in [0.15, 0.2) is 15.7 Å². The molecule has 2 unspecified atom stereocenters. The third-order valence-corrected chi connectivity index (χ3v) is 6.11. The largest absolute Gasteiger partial charge is 0.378 e. The van der Waals surface area contributed by atoms with Crippen LogP contribution in [-0.4, -0.2) is 27.7 Å². The van der Waals surface area contributed by atoms with Gasteiger partial charge < -0.3 is 10.5 Å². The third-order valence-electron chi connectivity index (χ3n) is 3.20. The van der Waals surface area contributed by atoms with Crippen molar-refractivity contribution >= 4 is 21.4 Å². The Bertz CT molecular complexity index is 498. The van der Waals surface area contributed by atoms with E-state index >= 15 is 0 Å². The van der Waals surface area contributed by atoms with Crippen LogP contribution < -0.4 is 10.5 Å². The molecular weight excluding hydrogens is 272 g/mol. The van der Waals surface area contributed by atoms with Crippen LogP contribution >= 0.6 is 11.3 Å². The van der Waals surface area contributed by atoms with E-state index in [-0.39, 0.29) is 12.0 Å². The Hall–Kier alpha value is -0.470. The van der Waals surface area contributed by atoms with E-state index in [0.29, 0.717) is 23.9 Å². The Morgan fingerprint density at radius 2 is 2.39 bits per heavy atom. The molecule has 2 heterocycles. The van der Waals surface area contributed by atoms with Crippen molar-refractivity contribution < 1.29 is 13.2 Å². The van der Waals surface area contributed by atoms with Gasteiger partial charge in [-0.25, -0.2) is 13.1 Å². The van der Waals surface area contributed by atoms with Gasteiger partial charge in [-0.15, -0.1) is 11.3 Å². The molecule has 0 saturated carbocycles. The highest BCUT2D eigenvalue weighted by atomic mass is 32.2. The van der Waals surface area contributed by atoms with Crippen molar-refractivity contribution in [3.8, 4) is 0 Å². The van der Waals surface area contributed by atoms with Gasteiger partial charge in [0, 0.05) is 25.6 Å². The molecule has 3 N–H and O–H groups in total. The van der Waals surface area contributed by atoms with Gasteiger partial charge in [-0.05, 0) is 30.4 Å². The summed E-state index contributed by atoms with van der Waals surface area (Å²) >= 11 is 1.20. The summed E-state index contributed by atoms with van der Waals surface area (Å²) in [4.78, 5) is 0. The summed E-state index contributed by atoms with van der Waals surface area (Å²) in [6, 6.07) is 1.63. The number of hydrogen-bond donors (Lipinski definition) is 2. The second-order valence-corrected chi connectivity index (χ2v) is 7.36. The van der Waals surface area contributed by atoms with Crippen LogP contribution in [-0.2, 0) is 21.3 Å². The van der Waals surface area contributed by atoms with E-state index in [1.807, 2.05) is 6.92 Å². The Morgan fingerprint density at radius 3 is 2.94 bits per heavy atom. The molecule has 1 aromatic rings. The zero-order valence-corrected chi connectivity index (χ0v) is 11.9. The van der Waals surface area contributed by atoms with Crippen LogP contribution in [0.1, 0.15) is 18.9 Å². The molecule has 0 aromatic carbocycles. The van der Waals surface area contributed by atoms with Gasteiger partial charge in [0.2, 0.25) is 10.0 Å². The Kier molecular flexibility index (Phi) is 4.39. The summed E-state index contributed by atoms with van der Waals surface area (Å²) in [5, 5.41) is 1.77. The molecule has 1 fully saturated rings. The van der Waals surface area contributed by atoms with Gasteiger partial charge in [0.05, 0.1) is 6.10 Å². The molecule has 0 amide bonds. The monoisotopic (exact) mass is 290 g/mol. The number of thiophene rings is 1. The fourth-order valence-corrected chi connectivity index (χ4v) is 4.29. The third kappa shape index (κ3) is 3.10. The normalized spacial score (nSPS) is 24.6. The second-order valence-electron chi connectivity index (χ2n) is 4.45. The molecule has 1 saturated heterocycles. The summed E-state index contributed by atoms with van der Waals surface area (Å²) in [5.74, 6) is 0.258. The van der Waals surface area contributed by atoms with Gasteiger partial charge >= 0.3 is 0 Å². The minimum absolute atomic E-state index is 0.121. The molecule has 1 aromatic heterocycles. The minimum atomic E-state index is -3.40. The fourth-order valence-electron chi connectivity index (χ4n) is 1.93. The summed E-state index contributed by atoms with van der Waals surface area (Å²) < 4.78 is 32.5. The maximum absolute atomic E-state index is 12.0. The maximum Gasteiger partial charge on any atom is 0.250 e. The molecule has 0 bridgehead atoms. The van der Waals surface area contributed by atoms with Gasteiger partial charge in [0.15, 0.2) is 0 Å². The number of rotatable bonds is 5. The Balaban J connectivity index is 1.98. The lowest BCUT2D eigenvalue weighted by molar-refractivity contribution is 0.107. The van der Waals surface area contributed by atoms with E-state index in [4.69, 9.17) is 10.5 Å². The summed E-state index contributed by atoms with van der Waals surface area (Å²) in [6.45, 7) is 3.48. The Morgan fingerprint density at radius 1 is 1.61 bits per heavy atom. The van der Waals surface area contributed by atoms with Crippen molar-refractivity contribution in [2.75, 3.05) is 13.2 Å². The SMILES string of the molecule is CC1OCCC1CNS(=O)(=O)c1cc(CN)cs1. The van der Waals surface area contributed by atoms with Gasteiger partial charge in [-0.2, -0.15) is 0 Å². The summed E-state index contributed by atoms with van der Waals surface area (Å²) in [5.41, 5.74) is 6.32. The highest BCUT2D eigenvalue weighted by molar-refractivity contribution is 7.91. The molecule has 18 heavy (non-hydrogen) atoms. The quantitative estimate of drug-likeness (QED) is 0.844. The predicted molar refractivity (Wildman–Crippen MR) is 70.9 cm³/mol. The molecular formula is C11H18N2O3S2. The zero-order chi connectivity index (χ0) is 13.2. The van der Waals surface area contributed by atoms with Crippen LogP contribution in [0.5, 0.6) is 0 Å². The first-order valence-corrected chi connectivity index (χ1v) is 8.28. The second kappa shape index (κ2) is 5.66. The lowest BCUT2D eigenvalue weighted by Gasteiger charge is -2.14. The topological polar surface area (TPSA) is 81.4 Å². The highest BCUT2D eigenvalue weighted by Gasteiger charge is 2.26. The molecule has 1 aliphatic rings. The van der Waals surface area contributed by atoms with Crippen molar-refractivity contribution in [1.82, 2.24) is 4.72 Å². The zero-order valence-electron chi connectivity index (χ0n) is 10.3. The average Bonchev–Trinajstić information content (AvgIpc) is 2.95. The number of ether oxygens (including phenoxy) is 1. The van der Waals surface area contributed by atoms with E-state index < -0.39 is 10.0 Å². The molecule has 102 valence electrons. The number of nitrogens with one attached hydrogen (secondary N) is 1. The molecule has 2 atom stereocenters. The van der Waals surface area contributed by atoms with E-state index in [9.17, 15) is 8.42 Å². The molecule has 0 aliphatic carbocycles. The van der Waals surface area contributed by atoms with Crippen LogP contribution in [0.25, 0.3) is 0 Å². The highest BCUT2D eigenvalue weighted by Crippen LogP contribution is 2.22. The minimum Gasteiger partial charge on any atom is -0.378 e. The van der Waals surface area contributed by atoms with Gasteiger partial charge in [0.1, 0.15) is 4.21 Å². The van der Waals surface area contributed by atoms with Crippen molar-refractivity contribution in [3.05, 3.63) is 17.0 Å². The van der Waals surface area contributed by atoms with Crippen LogP contribution in [0.4, 0.5) is 0 Å². The van der Waals surface area contributed by atoms with Crippen LogP contribution in [0.3, 0.4) is 0 Å². The predicted octanol–water partition coefficient (Wildman–Crippen LogP) is 0.910. The van der Waals surface area contributed by atoms with Crippen molar-refractivity contribution in [3.63, 3.8) is 0 Å². The fraction of sp³-hybridized carbons (Fsp3) is 0.636. The molecule has 0 spiro atoms. The van der Waals surface area contributed by atoms with Crippen LogP contribution in [0, 0.1) is 5.92 Å². The number of sulfonamides is 1. The Labute approximate surface area is 111 Å². The van der Waals surface area contributed by atoms with Crippen molar-refractivity contribution in [1.29, 1.82) is 0 Å². The number of nitrogens with two attached hydrogens (primary N) is 1. The van der Waals surface area contributed by atoms with E-state index in [0.717, 1.165) is 12.0 Å². The van der Waals surface area contributed by atoms with Gasteiger partial charge in [-0.1, -0.05) is 0 Å². The summed E-state index contributed by atoms with van der Waals surface area (Å²) in [7, 11) is -3.40. The molecule has 0 radical (unpaired) electrons. The first kappa shape index (κ1) is 14.0. The smallest absolute Gasteiger partial charge is 0.250 e. The van der Waals surface area contributed by atoms with Crippen molar-refractivity contribution in [2.24, 2.45) is 11.7 Å². The first-order valence-electron chi connectivity index (χ1n) is 5.91. The standard InChI is InChI=1S/C11H18N2O3S2/c1-8-10(2-3-16-8)6-13-18(14,15)11-4-9(5-12)7-17-11/h4,7-8,10,13H,2-3,5-6,12H2,1H3. The van der Waals surface area contributed by atoms with Crippen molar-refractivity contribution in [2.45, 2.75) is 30.2 Å². The van der Waals surface area contributed by atoms with E-state index in [1.54, 1.807) is 11.4 Å². The van der Waals surface area contributed by atoms with E-state index in [1.165, 1.54) is 11.3 Å². The molecule has 2 rings (SSSR count). The summed E-state index contributed by atoms with van der Waals surface area (Å²) in [6.07, 6.45) is 1.03. The number of hydrogen-bond acceptors (Lipinski definition) is 5. The van der Waals surface area contributed by atoms with E-state index in [2.05, 4.69) is 4.72 Å². The molecule has 1 aliphatic heterocycles. The maximum atomic E-state index is 12.0. The lowest BCUT2D eigenvalue weighted by Crippen LogP contribution is -2.31. The van der Waals surface area contributed by atoms with Gasteiger partial charge in [-0.3, -0.25) is 0 Å². The van der Waals surface area contributed by atoms with Crippen LogP contribution in [0.2, 0.25) is 0 Å². The van der Waals surface area contributed by atoms with Gasteiger partial charge in [0.25, 0.3) is 0 Å². The molecule has 7 heteroatoms. The molecule has 5 nitrogen and oxygen atoms in total. The average molecular weight is 290 g/mol. The first-order chi connectivity index (χ1) is 8.53. The lowest BCUT2D eigenvalue weighted by atomic mass is 10.0.